The number of halogens is 2. The fraction of sp³-hybridized carbons (Fsp3) is 0.333. The van der Waals surface area contributed by atoms with Gasteiger partial charge in [-0.15, -0.1) is 0 Å². The first-order valence-corrected chi connectivity index (χ1v) is 10.4. The molecule has 2 aliphatic heterocycles. The number of likely N-dealkylation sites (tertiary alicyclic amines) is 1. The molecule has 32 heavy (non-hydrogen) atoms. The number of nitrogens with one attached hydrogen (secondary N) is 2. The summed E-state index contributed by atoms with van der Waals surface area (Å²) in [5.41, 5.74) is 0.404. The highest BCUT2D eigenvalue weighted by Gasteiger charge is 2.40. The number of aromatic nitrogens is 1. The van der Waals surface area contributed by atoms with Gasteiger partial charge in [0, 0.05) is 44.9 Å². The predicted molar refractivity (Wildman–Crippen MR) is 116 cm³/mol. The number of benzene rings is 1. The Morgan fingerprint density at radius 2 is 2.06 bits per heavy atom. The summed E-state index contributed by atoms with van der Waals surface area (Å²) in [5.74, 6) is -1.01. The number of carbonyl (C=O) groups is 3. The van der Waals surface area contributed by atoms with Crippen LogP contribution in [0.3, 0.4) is 0 Å². The van der Waals surface area contributed by atoms with E-state index in [0.29, 0.717) is 23.7 Å². The second-order valence-electron chi connectivity index (χ2n) is 7.50. The number of pyridine rings is 1. The van der Waals surface area contributed by atoms with Crippen molar-refractivity contribution >= 4 is 46.6 Å². The molecule has 2 fully saturated rings. The zero-order valence-corrected chi connectivity index (χ0v) is 17.9. The standard InChI is InChI=1S/C21H21ClFN5O4/c1-32-14-9-17(28(11-14)21(31)26-18-5-2-12(22)10-24-18)20(30)25-16-4-3-13(8-15(16)23)27-7-6-19(27)29/h2-5,8,10,14,17H,6-7,9,11H2,1H3,(H,25,30)(H,24,26,31)/t14-,17-/m1/s1. The van der Waals surface area contributed by atoms with Gasteiger partial charge in [-0.05, 0) is 30.3 Å². The lowest BCUT2D eigenvalue weighted by Gasteiger charge is -2.30. The molecular formula is C21H21ClFN5O4. The maximum atomic E-state index is 14.6. The number of β-lactam (4-membered cyclic amide) rings is 1. The van der Waals surface area contributed by atoms with Crippen LogP contribution in [0.2, 0.25) is 5.02 Å². The van der Waals surface area contributed by atoms with Gasteiger partial charge in [0.25, 0.3) is 0 Å². The molecule has 2 aromatic rings. The second-order valence-corrected chi connectivity index (χ2v) is 7.94. The van der Waals surface area contributed by atoms with E-state index in [2.05, 4.69) is 15.6 Å². The molecule has 1 aromatic carbocycles. The molecule has 9 nitrogen and oxygen atoms in total. The van der Waals surface area contributed by atoms with E-state index >= 15 is 0 Å². The molecule has 0 bridgehead atoms. The third kappa shape index (κ3) is 4.51. The molecule has 11 heteroatoms. The SMILES string of the molecule is CO[C@@H]1C[C@H](C(=O)Nc2ccc(N3CCC3=O)cc2F)N(C(=O)Nc2ccc(Cl)cn2)C1. The van der Waals surface area contributed by atoms with Crippen molar-refractivity contribution in [3.8, 4) is 0 Å². The van der Waals surface area contributed by atoms with E-state index in [0.717, 1.165) is 0 Å². The normalized spacial score (nSPS) is 20.2. The van der Waals surface area contributed by atoms with Crippen LogP contribution in [0.1, 0.15) is 12.8 Å². The molecule has 2 aliphatic rings. The number of rotatable bonds is 5. The molecule has 0 aliphatic carbocycles. The Kier molecular flexibility index (Phi) is 6.24. The average molecular weight is 462 g/mol. The van der Waals surface area contributed by atoms with Crippen molar-refractivity contribution in [3.63, 3.8) is 0 Å². The van der Waals surface area contributed by atoms with Gasteiger partial charge in [-0.25, -0.2) is 14.2 Å². The number of methoxy groups -OCH3 is 1. The number of urea groups is 1. The number of anilines is 3. The van der Waals surface area contributed by atoms with E-state index in [4.69, 9.17) is 16.3 Å². The highest BCUT2D eigenvalue weighted by atomic mass is 35.5. The van der Waals surface area contributed by atoms with Gasteiger partial charge >= 0.3 is 6.03 Å². The van der Waals surface area contributed by atoms with Crippen LogP contribution in [0.15, 0.2) is 36.5 Å². The van der Waals surface area contributed by atoms with Crippen LogP contribution in [0.5, 0.6) is 0 Å². The van der Waals surface area contributed by atoms with Gasteiger partial charge in [0.1, 0.15) is 17.7 Å². The van der Waals surface area contributed by atoms with E-state index in [9.17, 15) is 18.8 Å². The number of hydrogen-bond acceptors (Lipinski definition) is 5. The first-order valence-electron chi connectivity index (χ1n) is 9.98. The second kappa shape index (κ2) is 9.09. The lowest BCUT2D eigenvalue weighted by Crippen LogP contribution is -2.45. The molecule has 4 rings (SSSR count). The topological polar surface area (TPSA) is 104 Å². The largest absolute Gasteiger partial charge is 0.380 e. The highest BCUT2D eigenvalue weighted by Crippen LogP contribution is 2.28. The predicted octanol–water partition coefficient (Wildman–Crippen LogP) is 2.87. The zero-order chi connectivity index (χ0) is 22.8. The monoisotopic (exact) mass is 461 g/mol. The smallest absolute Gasteiger partial charge is 0.323 e. The number of carbonyl (C=O) groups excluding carboxylic acids is 3. The molecule has 4 amide bonds. The molecule has 1 aromatic heterocycles. The van der Waals surface area contributed by atoms with Gasteiger partial charge in [0.15, 0.2) is 0 Å². The van der Waals surface area contributed by atoms with Crippen molar-refractivity contribution < 1.29 is 23.5 Å². The van der Waals surface area contributed by atoms with Crippen LogP contribution in [-0.2, 0) is 14.3 Å². The number of amides is 4. The Morgan fingerprint density at radius 3 is 2.66 bits per heavy atom. The molecule has 0 saturated carbocycles. The molecule has 0 radical (unpaired) electrons. The van der Waals surface area contributed by atoms with Crippen LogP contribution in [0, 0.1) is 5.82 Å². The summed E-state index contributed by atoms with van der Waals surface area (Å²) in [5, 5.41) is 5.59. The minimum Gasteiger partial charge on any atom is -0.380 e. The Balaban J connectivity index is 1.46. The summed E-state index contributed by atoms with van der Waals surface area (Å²) in [6, 6.07) is 5.89. The Morgan fingerprint density at radius 1 is 1.25 bits per heavy atom. The quantitative estimate of drug-likeness (QED) is 0.666. The molecular weight excluding hydrogens is 441 g/mol. The Bertz CT molecular complexity index is 1050. The van der Waals surface area contributed by atoms with Gasteiger partial charge in [0.2, 0.25) is 11.8 Å². The van der Waals surface area contributed by atoms with Crippen molar-refractivity contribution in [2.45, 2.75) is 25.0 Å². The van der Waals surface area contributed by atoms with Gasteiger partial charge in [-0.3, -0.25) is 14.9 Å². The van der Waals surface area contributed by atoms with E-state index in [1.807, 2.05) is 0 Å². The van der Waals surface area contributed by atoms with E-state index < -0.39 is 23.8 Å². The lowest BCUT2D eigenvalue weighted by molar-refractivity contribution is -0.122. The minimum absolute atomic E-state index is 0.0349. The molecule has 2 saturated heterocycles. The summed E-state index contributed by atoms with van der Waals surface area (Å²) < 4.78 is 19.9. The maximum absolute atomic E-state index is 14.6. The van der Waals surface area contributed by atoms with Gasteiger partial charge < -0.3 is 19.9 Å². The fourth-order valence-corrected chi connectivity index (χ4v) is 3.76. The third-order valence-corrected chi connectivity index (χ3v) is 5.72. The van der Waals surface area contributed by atoms with E-state index in [1.165, 1.54) is 35.2 Å². The van der Waals surface area contributed by atoms with E-state index in [1.54, 1.807) is 18.2 Å². The number of hydrogen-bond donors (Lipinski definition) is 2. The van der Waals surface area contributed by atoms with Gasteiger partial charge in [-0.2, -0.15) is 0 Å². The number of nitrogens with zero attached hydrogens (tertiary/aromatic N) is 3. The van der Waals surface area contributed by atoms with Crippen LogP contribution in [0.4, 0.5) is 26.4 Å². The van der Waals surface area contributed by atoms with Crippen molar-refractivity contribution in [1.82, 2.24) is 9.88 Å². The minimum atomic E-state index is -0.872. The average Bonchev–Trinajstić information content (AvgIpc) is 3.21. The Labute approximate surface area is 188 Å². The lowest BCUT2D eigenvalue weighted by atomic mass is 10.1. The highest BCUT2D eigenvalue weighted by molar-refractivity contribution is 6.30. The molecule has 2 N–H and O–H groups in total. The van der Waals surface area contributed by atoms with E-state index in [-0.39, 0.29) is 36.5 Å². The third-order valence-electron chi connectivity index (χ3n) is 5.49. The number of ether oxygens (including phenoxy) is 1. The van der Waals surface area contributed by atoms with Gasteiger partial charge in [0.05, 0.1) is 16.8 Å². The van der Waals surface area contributed by atoms with Crippen LogP contribution in [0.25, 0.3) is 0 Å². The molecule has 168 valence electrons. The van der Waals surface area contributed by atoms with Crippen LogP contribution < -0.4 is 15.5 Å². The van der Waals surface area contributed by atoms with Crippen LogP contribution in [-0.4, -0.2) is 60.1 Å². The summed E-state index contributed by atoms with van der Waals surface area (Å²) in [7, 11) is 1.50. The van der Waals surface area contributed by atoms with Crippen LogP contribution >= 0.6 is 11.6 Å². The molecule has 2 atom stereocenters. The van der Waals surface area contributed by atoms with Crippen molar-refractivity contribution in [2.75, 3.05) is 35.7 Å². The zero-order valence-electron chi connectivity index (χ0n) is 17.2. The van der Waals surface area contributed by atoms with Crippen molar-refractivity contribution in [2.24, 2.45) is 0 Å². The molecule has 0 unspecified atom stereocenters. The first-order chi connectivity index (χ1) is 15.4. The summed E-state index contributed by atoms with van der Waals surface area (Å²) in [4.78, 5) is 44.1. The summed E-state index contributed by atoms with van der Waals surface area (Å²) in [6.07, 6.45) is 1.74. The van der Waals surface area contributed by atoms with Gasteiger partial charge in [-0.1, -0.05) is 11.6 Å². The molecule has 3 heterocycles. The first kappa shape index (κ1) is 22.0. The summed E-state index contributed by atoms with van der Waals surface area (Å²) in [6.45, 7) is 0.726. The fourth-order valence-electron chi connectivity index (χ4n) is 3.65. The van der Waals surface area contributed by atoms with Crippen molar-refractivity contribution in [3.05, 3.63) is 47.4 Å². The summed E-state index contributed by atoms with van der Waals surface area (Å²) >= 11 is 5.81. The maximum Gasteiger partial charge on any atom is 0.323 e. The Hall–Kier alpha value is -3.24. The molecule has 0 spiro atoms. The van der Waals surface area contributed by atoms with Crippen molar-refractivity contribution in [1.29, 1.82) is 0 Å².